The highest BCUT2D eigenvalue weighted by Gasteiger charge is 2.15. The van der Waals surface area contributed by atoms with Gasteiger partial charge in [-0.3, -0.25) is 4.90 Å². The van der Waals surface area contributed by atoms with E-state index < -0.39 is 12.9 Å². The van der Waals surface area contributed by atoms with Crippen LogP contribution in [0.4, 0.5) is 4.39 Å². The van der Waals surface area contributed by atoms with Crippen molar-refractivity contribution in [2.24, 2.45) is 0 Å². The van der Waals surface area contributed by atoms with Crippen molar-refractivity contribution >= 4 is 24.3 Å². The molecule has 2 rings (SSSR count). The lowest BCUT2D eigenvalue weighted by Gasteiger charge is -2.19. The van der Waals surface area contributed by atoms with Crippen LogP contribution < -0.4 is 5.46 Å². The van der Waals surface area contributed by atoms with E-state index >= 15 is 0 Å². The first kappa shape index (κ1) is 13.9. The molecule has 0 unspecified atom stereocenters. The zero-order chi connectivity index (χ0) is 13.0. The Kier molecular flexibility index (Phi) is 5.06. The summed E-state index contributed by atoms with van der Waals surface area (Å²) in [5.74, 6) is 1.87. The average molecular weight is 269 g/mol. The minimum atomic E-state index is -1.61. The molecule has 18 heavy (non-hydrogen) atoms. The number of rotatable bonds is 3. The quantitative estimate of drug-likeness (QED) is 0.782. The lowest BCUT2D eigenvalue weighted by Crippen LogP contribution is -2.32. The standard InChI is InChI=1S/C12H17BFNO2S/c14-12-7-10(6-11(8-12)13(16)17)9-15-2-1-4-18-5-3-15/h6-8,16-17H,1-5,9H2. The molecule has 98 valence electrons. The SMILES string of the molecule is OB(O)c1cc(F)cc(CN2CCCSCC2)c1. The van der Waals surface area contributed by atoms with Gasteiger partial charge >= 0.3 is 7.12 Å². The molecule has 0 aliphatic carbocycles. The molecule has 0 radical (unpaired) electrons. The van der Waals surface area contributed by atoms with Crippen LogP contribution in [0.15, 0.2) is 18.2 Å². The van der Waals surface area contributed by atoms with Crippen LogP contribution in [0.5, 0.6) is 0 Å². The Balaban J connectivity index is 2.07. The summed E-state index contributed by atoms with van der Waals surface area (Å²) in [7, 11) is -1.61. The minimum absolute atomic E-state index is 0.217. The van der Waals surface area contributed by atoms with Crippen LogP contribution in [0.2, 0.25) is 0 Å². The van der Waals surface area contributed by atoms with Gasteiger partial charge in [0.15, 0.2) is 0 Å². The number of halogens is 1. The summed E-state index contributed by atoms with van der Waals surface area (Å²) in [5.41, 5.74) is 1.01. The molecule has 6 heteroatoms. The Morgan fingerprint density at radius 1 is 1.22 bits per heavy atom. The van der Waals surface area contributed by atoms with Crippen molar-refractivity contribution in [3.05, 3.63) is 29.6 Å². The highest BCUT2D eigenvalue weighted by atomic mass is 32.2. The van der Waals surface area contributed by atoms with Gasteiger partial charge in [-0.25, -0.2) is 4.39 Å². The van der Waals surface area contributed by atoms with Crippen LogP contribution in [0, 0.1) is 5.82 Å². The number of hydrogen-bond acceptors (Lipinski definition) is 4. The Morgan fingerprint density at radius 3 is 2.83 bits per heavy atom. The maximum absolute atomic E-state index is 13.4. The summed E-state index contributed by atoms with van der Waals surface area (Å²) >= 11 is 1.95. The van der Waals surface area contributed by atoms with Crippen molar-refractivity contribution < 1.29 is 14.4 Å². The van der Waals surface area contributed by atoms with E-state index in [2.05, 4.69) is 4.90 Å². The minimum Gasteiger partial charge on any atom is -0.423 e. The molecule has 1 heterocycles. The Bertz CT molecular complexity index is 398. The smallest absolute Gasteiger partial charge is 0.423 e. The van der Waals surface area contributed by atoms with E-state index in [9.17, 15) is 4.39 Å². The van der Waals surface area contributed by atoms with Crippen molar-refractivity contribution in [1.29, 1.82) is 0 Å². The molecular formula is C12H17BFNO2S. The zero-order valence-electron chi connectivity index (χ0n) is 10.2. The van der Waals surface area contributed by atoms with Gasteiger partial charge in [0.1, 0.15) is 5.82 Å². The van der Waals surface area contributed by atoms with Gasteiger partial charge in [-0.15, -0.1) is 0 Å². The monoisotopic (exact) mass is 269 g/mol. The summed E-state index contributed by atoms with van der Waals surface area (Å²) in [5, 5.41) is 18.2. The maximum Gasteiger partial charge on any atom is 0.488 e. The molecule has 0 spiro atoms. The van der Waals surface area contributed by atoms with E-state index in [1.807, 2.05) is 11.8 Å². The third-order valence-electron chi connectivity index (χ3n) is 3.00. The predicted molar refractivity (Wildman–Crippen MR) is 73.4 cm³/mol. The highest BCUT2D eigenvalue weighted by Crippen LogP contribution is 2.13. The Hall–Kier alpha value is -0.555. The van der Waals surface area contributed by atoms with Gasteiger partial charge in [0, 0.05) is 18.8 Å². The third-order valence-corrected chi connectivity index (χ3v) is 4.05. The number of nitrogens with zero attached hydrogens (tertiary/aromatic N) is 1. The number of benzene rings is 1. The van der Waals surface area contributed by atoms with Crippen LogP contribution in [-0.2, 0) is 6.54 Å². The van der Waals surface area contributed by atoms with Gasteiger partial charge in [-0.2, -0.15) is 11.8 Å². The fourth-order valence-electron chi connectivity index (χ4n) is 2.13. The predicted octanol–water partition coefficient (Wildman–Crippen LogP) is 0.444. The summed E-state index contributed by atoms with van der Waals surface area (Å²) in [6, 6.07) is 4.28. The van der Waals surface area contributed by atoms with Crippen LogP contribution >= 0.6 is 11.8 Å². The molecule has 1 aromatic carbocycles. The lowest BCUT2D eigenvalue weighted by molar-refractivity contribution is 0.287. The van der Waals surface area contributed by atoms with Crippen molar-refractivity contribution in [2.75, 3.05) is 24.6 Å². The molecule has 1 aliphatic rings. The van der Waals surface area contributed by atoms with Gasteiger partial charge in [-0.05, 0) is 41.9 Å². The Labute approximate surface area is 111 Å². The summed E-state index contributed by atoms with van der Waals surface area (Å²) in [6.07, 6.45) is 1.15. The fraction of sp³-hybridized carbons (Fsp3) is 0.500. The lowest BCUT2D eigenvalue weighted by atomic mass is 9.79. The second-order valence-corrected chi connectivity index (χ2v) is 5.73. The van der Waals surface area contributed by atoms with E-state index in [1.165, 1.54) is 11.8 Å². The summed E-state index contributed by atoms with van der Waals surface area (Å²) in [4.78, 5) is 2.28. The molecule has 0 amide bonds. The molecule has 1 saturated heterocycles. The molecule has 1 aromatic rings. The van der Waals surface area contributed by atoms with E-state index in [0.29, 0.717) is 6.54 Å². The van der Waals surface area contributed by atoms with Crippen LogP contribution in [0.3, 0.4) is 0 Å². The first-order chi connectivity index (χ1) is 8.65. The van der Waals surface area contributed by atoms with Gasteiger partial charge in [0.2, 0.25) is 0 Å². The Morgan fingerprint density at radius 2 is 2.06 bits per heavy atom. The van der Waals surface area contributed by atoms with Crippen molar-refractivity contribution in [1.82, 2.24) is 4.90 Å². The van der Waals surface area contributed by atoms with E-state index in [0.717, 1.165) is 36.9 Å². The molecule has 0 saturated carbocycles. The second-order valence-electron chi connectivity index (χ2n) is 4.51. The van der Waals surface area contributed by atoms with Crippen molar-refractivity contribution in [2.45, 2.75) is 13.0 Å². The molecule has 1 fully saturated rings. The van der Waals surface area contributed by atoms with Crippen LogP contribution in [0.25, 0.3) is 0 Å². The number of thioether (sulfide) groups is 1. The molecule has 1 aliphatic heterocycles. The zero-order valence-corrected chi connectivity index (χ0v) is 11.0. The fourth-order valence-corrected chi connectivity index (χ4v) is 3.05. The third kappa shape index (κ3) is 3.98. The normalized spacial score (nSPS) is 17.5. The molecule has 0 bridgehead atoms. The van der Waals surface area contributed by atoms with Crippen LogP contribution in [0.1, 0.15) is 12.0 Å². The van der Waals surface area contributed by atoms with E-state index in [4.69, 9.17) is 10.0 Å². The first-order valence-corrected chi connectivity index (χ1v) is 7.26. The molecule has 0 aromatic heterocycles. The first-order valence-electron chi connectivity index (χ1n) is 6.11. The molecule has 2 N–H and O–H groups in total. The average Bonchev–Trinajstić information content (AvgIpc) is 2.57. The second kappa shape index (κ2) is 6.56. The van der Waals surface area contributed by atoms with Gasteiger partial charge < -0.3 is 10.0 Å². The summed E-state index contributed by atoms with van der Waals surface area (Å²) < 4.78 is 13.4. The van der Waals surface area contributed by atoms with E-state index in [1.54, 1.807) is 6.07 Å². The maximum atomic E-state index is 13.4. The molecule has 0 atom stereocenters. The van der Waals surface area contributed by atoms with Gasteiger partial charge in [0.25, 0.3) is 0 Å². The van der Waals surface area contributed by atoms with Crippen molar-refractivity contribution in [3.63, 3.8) is 0 Å². The van der Waals surface area contributed by atoms with Gasteiger partial charge in [0.05, 0.1) is 0 Å². The van der Waals surface area contributed by atoms with Gasteiger partial charge in [-0.1, -0.05) is 6.07 Å². The largest absolute Gasteiger partial charge is 0.488 e. The summed E-state index contributed by atoms with van der Waals surface area (Å²) in [6.45, 7) is 2.68. The number of hydrogen-bond donors (Lipinski definition) is 2. The molecular weight excluding hydrogens is 252 g/mol. The highest BCUT2D eigenvalue weighted by molar-refractivity contribution is 7.99. The van der Waals surface area contributed by atoms with Crippen LogP contribution in [-0.4, -0.2) is 46.7 Å². The molecule has 3 nitrogen and oxygen atoms in total. The van der Waals surface area contributed by atoms with Crippen molar-refractivity contribution in [3.8, 4) is 0 Å². The topological polar surface area (TPSA) is 43.7 Å². The van der Waals surface area contributed by atoms with E-state index in [-0.39, 0.29) is 5.46 Å².